The van der Waals surface area contributed by atoms with Crippen LogP contribution in [0.3, 0.4) is 0 Å². The summed E-state index contributed by atoms with van der Waals surface area (Å²) in [6.07, 6.45) is 13.8. The molecule has 1 aromatic heterocycles. The summed E-state index contributed by atoms with van der Waals surface area (Å²) >= 11 is 0. The molecule has 2 fully saturated rings. The van der Waals surface area contributed by atoms with E-state index in [0.717, 1.165) is 42.4 Å². The molecule has 1 atom stereocenters. The average Bonchev–Trinajstić information content (AvgIpc) is 2.72. The molecular weight excluding hydrogens is 332 g/mol. The molecule has 4 rings (SSSR count). The number of aromatic nitrogens is 1. The van der Waals surface area contributed by atoms with Gasteiger partial charge in [-0.2, -0.15) is 0 Å². The van der Waals surface area contributed by atoms with E-state index < -0.39 is 0 Å². The quantitative estimate of drug-likeness (QED) is 0.700. The van der Waals surface area contributed by atoms with Crippen molar-refractivity contribution < 1.29 is 0 Å². The van der Waals surface area contributed by atoms with Gasteiger partial charge >= 0.3 is 0 Å². The van der Waals surface area contributed by atoms with E-state index in [9.17, 15) is 4.79 Å². The zero-order chi connectivity index (χ0) is 18.5. The van der Waals surface area contributed by atoms with Crippen LogP contribution in [0.15, 0.2) is 41.2 Å². The molecule has 2 aliphatic rings. The fourth-order valence-corrected chi connectivity index (χ4v) is 5.34. The van der Waals surface area contributed by atoms with Gasteiger partial charge in [0.25, 0.3) is 5.56 Å². The van der Waals surface area contributed by atoms with Gasteiger partial charge in [0.15, 0.2) is 0 Å². The van der Waals surface area contributed by atoms with Crippen LogP contribution < -0.4 is 5.56 Å². The van der Waals surface area contributed by atoms with Gasteiger partial charge < -0.3 is 9.47 Å². The molecule has 1 saturated heterocycles. The van der Waals surface area contributed by atoms with Crippen LogP contribution >= 0.6 is 0 Å². The van der Waals surface area contributed by atoms with Crippen LogP contribution in [0.4, 0.5) is 0 Å². The SMILES string of the molecule is O=c1ccc2ccccc2n1CCCN1CCCCC1CC1CCCCC1. The van der Waals surface area contributed by atoms with Crippen LogP contribution in [0.1, 0.15) is 64.2 Å². The van der Waals surface area contributed by atoms with Crippen molar-refractivity contribution in [2.45, 2.75) is 76.8 Å². The van der Waals surface area contributed by atoms with Crippen molar-refractivity contribution in [1.82, 2.24) is 9.47 Å². The molecule has 0 bridgehead atoms. The number of aryl methyl sites for hydroxylation is 1. The highest BCUT2D eigenvalue weighted by molar-refractivity contribution is 5.78. The monoisotopic (exact) mass is 366 g/mol. The highest BCUT2D eigenvalue weighted by atomic mass is 16.1. The van der Waals surface area contributed by atoms with Gasteiger partial charge in [0.1, 0.15) is 0 Å². The summed E-state index contributed by atoms with van der Waals surface area (Å²) in [7, 11) is 0. The normalized spacial score (nSPS) is 22.3. The van der Waals surface area contributed by atoms with Crippen molar-refractivity contribution in [2.75, 3.05) is 13.1 Å². The molecule has 0 N–H and O–H groups in total. The van der Waals surface area contributed by atoms with Gasteiger partial charge in [-0.05, 0) is 55.7 Å². The fraction of sp³-hybridized carbons (Fsp3) is 0.625. The summed E-state index contributed by atoms with van der Waals surface area (Å²) < 4.78 is 1.97. The average molecular weight is 367 g/mol. The maximum atomic E-state index is 12.4. The topological polar surface area (TPSA) is 25.2 Å². The van der Waals surface area contributed by atoms with Crippen LogP contribution in [-0.4, -0.2) is 28.6 Å². The number of likely N-dealkylation sites (tertiary alicyclic amines) is 1. The number of piperidine rings is 1. The number of para-hydroxylation sites is 1. The van der Waals surface area contributed by atoms with E-state index in [4.69, 9.17) is 0 Å². The van der Waals surface area contributed by atoms with Crippen LogP contribution in [0.2, 0.25) is 0 Å². The number of benzene rings is 1. The highest BCUT2D eigenvalue weighted by Crippen LogP contribution is 2.31. The predicted octanol–water partition coefficient (Wildman–Crippen LogP) is 5.22. The first-order chi connectivity index (χ1) is 13.3. The largest absolute Gasteiger partial charge is 0.308 e. The van der Waals surface area contributed by atoms with Crippen LogP contribution in [0.5, 0.6) is 0 Å². The van der Waals surface area contributed by atoms with Gasteiger partial charge in [0.2, 0.25) is 0 Å². The smallest absolute Gasteiger partial charge is 0.251 e. The van der Waals surface area contributed by atoms with E-state index in [1.807, 2.05) is 22.8 Å². The van der Waals surface area contributed by atoms with E-state index in [1.54, 1.807) is 6.07 Å². The van der Waals surface area contributed by atoms with Crippen molar-refractivity contribution in [3.8, 4) is 0 Å². The Kier molecular flexibility index (Phi) is 6.28. The zero-order valence-electron chi connectivity index (χ0n) is 16.6. The van der Waals surface area contributed by atoms with Crippen LogP contribution in [0, 0.1) is 5.92 Å². The first kappa shape index (κ1) is 18.7. The lowest BCUT2D eigenvalue weighted by Crippen LogP contribution is -2.41. The van der Waals surface area contributed by atoms with Gasteiger partial charge in [0, 0.05) is 25.2 Å². The molecule has 1 unspecified atom stereocenters. The molecule has 0 amide bonds. The lowest BCUT2D eigenvalue weighted by molar-refractivity contribution is 0.114. The standard InChI is InChI=1S/C24H34N2O/c27-24-15-14-21-11-4-5-13-23(21)26(24)18-8-17-25-16-7-6-12-22(25)19-20-9-2-1-3-10-20/h4-5,11,13-15,20,22H,1-3,6-10,12,16-19H2. The first-order valence-electron chi connectivity index (χ1n) is 11.1. The Morgan fingerprint density at radius 1 is 0.852 bits per heavy atom. The minimum Gasteiger partial charge on any atom is -0.308 e. The van der Waals surface area contributed by atoms with Crippen LogP contribution in [0.25, 0.3) is 10.9 Å². The fourth-order valence-electron chi connectivity index (χ4n) is 5.34. The molecule has 1 aliphatic carbocycles. The second-order valence-electron chi connectivity index (χ2n) is 8.66. The molecule has 27 heavy (non-hydrogen) atoms. The summed E-state index contributed by atoms with van der Waals surface area (Å²) in [6.45, 7) is 3.21. The number of rotatable bonds is 6. The Balaban J connectivity index is 1.37. The zero-order valence-corrected chi connectivity index (χ0v) is 16.6. The maximum absolute atomic E-state index is 12.4. The van der Waals surface area contributed by atoms with Crippen molar-refractivity contribution in [3.63, 3.8) is 0 Å². The Morgan fingerprint density at radius 2 is 1.67 bits per heavy atom. The number of nitrogens with zero attached hydrogens (tertiary/aromatic N) is 2. The molecule has 0 spiro atoms. The van der Waals surface area contributed by atoms with E-state index in [2.05, 4.69) is 17.0 Å². The number of hydrogen-bond acceptors (Lipinski definition) is 2. The third-order valence-corrected chi connectivity index (χ3v) is 6.81. The summed E-state index contributed by atoms with van der Waals surface area (Å²) in [4.78, 5) is 15.1. The van der Waals surface area contributed by atoms with Crippen molar-refractivity contribution >= 4 is 10.9 Å². The third kappa shape index (κ3) is 4.63. The number of fused-ring (bicyclic) bond motifs is 1. The minimum atomic E-state index is 0.131. The van der Waals surface area contributed by atoms with Gasteiger partial charge in [-0.1, -0.05) is 56.7 Å². The van der Waals surface area contributed by atoms with Crippen LogP contribution in [-0.2, 0) is 6.54 Å². The van der Waals surface area contributed by atoms with Crippen molar-refractivity contribution in [1.29, 1.82) is 0 Å². The number of pyridine rings is 1. The molecule has 2 aromatic rings. The molecular formula is C24H34N2O. The summed E-state index contributed by atoms with van der Waals surface area (Å²) in [5.74, 6) is 0.963. The second kappa shape index (κ2) is 9.05. The molecule has 3 nitrogen and oxygen atoms in total. The van der Waals surface area contributed by atoms with E-state index in [-0.39, 0.29) is 5.56 Å². The van der Waals surface area contributed by atoms with Crippen molar-refractivity contribution in [2.24, 2.45) is 5.92 Å². The lowest BCUT2D eigenvalue weighted by Gasteiger charge is -2.38. The maximum Gasteiger partial charge on any atom is 0.251 e. The predicted molar refractivity (Wildman–Crippen MR) is 113 cm³/mol. The van der Waals surface area contributed by atoms with Gasteiger partial charge in [0.05, 0.1) is 5.52 Å². The molecule has 0 radical (unpaired) electrons. The Labute approximate surface area is 163 Å². The first-order valence-corrected chi connectivity index (χ1v) is 11.1. The van der Waals surface area contributed by atoms with Gasteiger partial charge in [-0.3, -0.25) is 4.79 Å². The summed E-state index contributed by atoms with van der Waals surface area (Å²) in [5.41, 5.74) is 1.20. The van der Waals surface area contributed by atoms with Gasteiger partial charge in [-0.15, -0.1) is 0 Å². The summed E-state index contributed by atoms with van der Waals surface area (Å²) in [5, 5.41) is 1.16. The molecule has 3 heteroatoms. The molecule has 1 saturated carbocycles. The third-order valence-electron chi connectivity index (χ3n) is 6.81. The minimum absolute atomic E-state index is 0.131. The van der Waals surface area contributed by atoms with E-state index in [0.29, 0.717) is 0 Å². The molecule has 2 heterocycles. The molecule has 146 valence electrons. The Morgan fingerprint density at radius 3 is 2.56 bits per heavy atom. The van der Waals surface area contributed by atoms with Crippen molar-refractivity contribution in [3.05, 3.63) is 46.8 Å². The Hall–Kier alpha value is -1.61. The Bertz CT molecular complexity index is 790. The molecule has 1 aromatic carbocycles. The van der Waals surface area contributed by atoms with E-state index >= 15 is 0 Å². The van der Waals surface area contributed by atoms with Gasteiger partial charge in [-0.25, -0.2) is 0 Å². The lowest BCUT2D eigenvalue weighted by atomic mass is 9.82. The van der Waals surface area contributed by atoms with E-state index in [1.165, 1.54) is 64.3 Å². The molecule has 1 aliphatic heterocycles. The second-order valence-corrected chi connectivity index (χ2v) is 8.66. The summed E-state index contributed by atoms with van der Waals surface area (Å²) in [6, 6.07) is 12.7. The highest BCUT2D eigenvalue weighted by Gasteiger charge is 2.25. The number of hydrogen-bond donors (Lipinski definition) is 0.